The summed E-state index contributed by atoms with van der Waals surface area (Å²) in [6.45, 7) is 1.24. The summed E-state index contributed by atoms with van der Waals surface area (Å²) < 4.78 is 78.5. The van der Waals surface area contributed by atoms with Crippen LogP contribution in [-0.2, 0) is 12.7 Å². The molecule has 3 aromatic heterocycles. The Morgan fingerprint density at radius 2 is 1.59 bits per heavy atom. The predicted molar refractivity (Wildman–Crippen MR) is 111 cm³/mol. The zero-order chi connectivity index (χ0) is 24.1. The SMILES string of the molecule is FC(F)(F)Cn1ncc2ncc(N3CCC4(CCN(c5cc(C(F)(F)F)ccn5)C4)CC3)nc21. The van der Waals surface area contributed by atoms with E-state index in [1.165, 1.54) is 18.6 Å². The van der Waals surface area contributed by atoms with Crippen LogP contribution in [0.5, 0.6) is 0 Å². The number of piperidine rings is 1. The first-order valence-corrected chi connectivity index (χ1v) is 10.8. The van der Waals surface area contributed by atoms with Gasteiger partial charge in [-0.3, -0.25) is 0 Å². The van der Waals surface area contributed by atoms with Crippen molar-refractivity contribution in [2.45, 2.75) is 38.2 Å². The molecule has 3 aromatic rings. The Hall–Kier alpha value is -3.12. The average Bonchev–Trinajstić information content (AvgIpc) is 3.37. The Balaban J connectivity index is 1.27. The highest BCUT2D eigenvalue weighted by Crippen LogP contribution is 2.43. The molecule has 34 heavy (non-hydrogen) atoms. The Bertz CT molecular complexity index is 1180. The fourth-order valence-corrected chi connectivity index (χ4v) is 4.79. The highest BCUT2D eigenvalue weighted by Gasteiger charge is 2.42. The Morgan fingerprint density at radius 1 is 0.882 bits per heavy atom. The number of hydrogen-bond donors (Lipinski definition) is 0. The van der Waals surface area contributed by atoms with Crippen molar-refractivity contribution >= 4 is 22.8 Å². The monoisotopic (exact) mass is 485 g/mol. The van der Waals surface area contributed by atoms with Gasteiger partial charge in [0, 0.05) is 32.4 Å². The quantitative estimate of drug-likeness (QED) is 0.516. The van der Waals surface area contributed by atoms with Gasteiger partial charge in [0.15, 0.2) is 5.65 Å². The van der Waals surface area contributed by atoms with Crippen LogP contribution in [0.1, 0.15) is 24.8 Å². The number of pyridine rings is 1. The predicted octanol–water partition coefficient (Wildman–Crippen LogP) is 4.30. The van der Waals surface area contributed by atoms with E-state index in [1.807, 2.05) is 9.80 Å². The summed E-state index contributed by atoms with van der Waals surface area (Å²) in [5.74, 6) is 0.809. The summed E-state index contributed by atoms with van der Waals surface area (Å²) in [6.07, 6.45) is -2.46. The zero-order valence-electron chi connectivity index (χ0n) is 17.9. The van der Waals surface area contributed by atoms with Crippen LogP contribution < -0.4 is 9.80 Å². The molecule has 2 aliphatic heterocycles. The number of fused-ring (bicyclic) bond motifs is 1. The second-order valence-electron chi connectivity index (χ2n) is 8.91. The summed E-state index contributed by atoms with van der Waals surface area (Å²) in [4.78, 5) is 16.6. The van der Waals surface area contributed by atoms with Gasteiger partial charge in [-0.2, -0.15) is 31.4 Å². The smallest absolute Gasteiger partial charge is 0.356 e. The van der Waals surface area contributed by atoms with Crippen LogP contribution in [0.2, 0.25) is 0 Å². The Morgan fingerprint density at radius 3 is 2.26 bits per heavy atom. The van der Waals surface area contributed by atoms with E-state index >= 15 is 0 Å². The number of anilines is 2. The van der Waals surface area contributed by atoms with Crippen LogP contribution in [0.4, 0.5) is 38.0 Å². The molecule has 13 heteroatoms. The van der Waals surface area contributed by atoms with E-state index in [4.69, 9.17) is 0 Å². The van der Waals surface area contributed by atoms with E-state index in [-0.39, 0.29) is 11.1 Å². The molecule has 2 aliphatic rings. The van der Waals surface area contributed by atoms with Gasteiger partial charge >= 0.3 is 12.4 Å². The van der Waals surface area contributed by atoms with Gasteiger partial charge < -0.3 is 9.80 Å². The maximum atomic E-state index is 13.1. The molecule has 0 bridgehead atoms. The van der Waals surface area contributed by atoms with E-state index in [0.717, 1.165) is 36.1 Å². The molecule has 0 N–H and O–H groups in total. The lowest BCUT2D eigenvalue weighted by molar-refractivity contribution is -0.142. The van der Waals surface area contributed by atoms with Crippen molar-refractivity contribution in [3.63, 3.8) is 0 Å². The van der Waals surface area contributed by atoms with Crippen LogP contribution in [0, 0.1) is 5.41 Å². The molecular weight excluding hydrogens is 464 g/mol. The second-order valence-corrected chi connectivity index (χ2v) is 8.91. The molecular formula is C21H21F6N7. The first-order chi connectivity index (χ1) is 16.0. The molecule has 0 atom stereocenters. The summed E-state index contributed by atoms with van der Waals surface area (Å²) >= 11 is 0. The van der Waals surface area contributed by atoms with Crippen molar-refractivity contribution in [2.75, 3.05) is 36.0 Å². The van der Waals surface area contributed by atoms with E-state index in [0.29, 0.717) is 43.3 Å². The standard InChI is InChI=1S/C21H21F6N7/c22-20(23,24)13-34-18-15(10-30-34)29-11-17(31-18)32-6-2-19(3-7-32)4-8-33(12-19)16-9-14(1-5-28-16)21(25,26)27/h1,5,9-11H,2-4,6-8,12-13H2. The van der Waals surface area contributed by atoms with Crippen molar-refractivity contribution in [2.24, 2.45) is 5.41 Å². The van der Waals surface area contributed by atoms with Gasteiger partial charge in [0.2, 0.25) is 0 Å². The summed E-state index contributed by atoms with van der Waals surface area (Å²) in [5, 5.41) is 3.75. The van der Waals surface area contributed by atoms with Gasteiger partial charge in [0.05, 0.1) is 18.0 Å². The minimum atomic E-state index is -4.42. The summed E-state index contributed by atoms with van der Waals surface area (Å²) in [6, 6.07) is 2.05. The van der Waals surface area contributed by atoms with Crippen LogP contribution in [0.3, 0.4) is 0 Å². The van der Waals surface area contributed by atoms with Gasteiger partial charge in [-0.15, -0.1) is 0 Å². The van der Waals surface area contributed by atoms with Crippen molar-refractivity contribution in [3.8, 4) is 0 Å². The zero-order valence-corrected chi connectivity index (χ0v) is 17.9. The van der Waals surface area contributed by atoms with E-state index in [2.05, 4.69) is 20.1 Å². The maximum Gasteiger partial charge on any atom is 0.416 e. The lowest BCUT2D eigenvalue weighted by Gasteiger charge is -2.39. The molecule has 0 amide bonds. The third-order valence-corrected chi connectivity index (χ3v) is 6.64. The molecule has 5 rings (SSSR count). The molecule has 7 nitrogen and oxygen atoms in total. The number of hydrogen-bond acceptors (Lipinski definition) is 6. The van der Waals surface area contributed by atoms with Crippen LogP contribution >= 0.6 is 0 Å². The second kappa shape index (κ2) is 7.98. The first kappa shape index (κ1) is 22.7. The van der Waals surface area contributed by atoms with Crippen molar-refractivity contribution in [3.05, 3.63) is 36.3 Å². The molecule has 2 fully saturated rings. The molecule has 5 heterocycles. The van der Waals surface area contributed by atoms with Crippen LogP contribution in [0.25, 0.3) is 11.2 Å². The number of rotatable bonds is 3. The molecule has 0 aliphatic carbocycles. The third kappa shape index (κ3) is 4.47. The van der Waals surface area contributed by atoms with Gasteiger partial charge in [0.25, 0.3) is 0 Å². The number of halogens is 6. The van der Waals surface area contributed by atoms with Crippen LogP contribution in [0.15, 0.2) is 30.7 Å². The van der Waals surface area contributed by atoms with E-state index < -0.39 is 24.5 Å². The van der Waals surface area contributed by atoms with Crippen molar-refractivity contribution in [1.29, 1.82) is 0 Å². The molecule has 0 saturated carbocycles. The van der Waals surface area contributed by atoms with Gasteiger partial charge in [-0.05, 0) is 36.8 Å². The fraction of sp³-hybridized carbons (Fsp3) is 0.524. The highest BCUT2D eigenvalue weighted by atomic mass is 19.4. The normalized spacial score (nSPS) is 18.9. The number of nitrogens with zero attached hydrogens (tertiary/aromatic N) is 7. The minimum Gasteiger partial charge on any atom is -0.356 e. The minimum absolute atomic E-state index is 0.0536. The Labute approximate surface area is 190 Å². The third-order valence-electron chi connectivity index (χ3n) is 6.64. The van der Waals surface area contributed by atoms with Crippen LogP contribution in [-0.4, -0.2) is 57.1 Å². The van der Waals surface area contributed by atoms with Gasteiger partial charge in [-0.25, -0.2) is 19.6 Å². The summed E-state index contributed by atoms with van der Waals surface area (Å²) in [5.41, 5.74) is -0.395. The van der Waals surface area contributed by atoms with Gasteiger partial charge in [-0.1, -0.05) is 0 Å². The van der Waals surface area contributed by atoms with E-state index in [9.17, 15) is 26.3 Å². The Kier molecular flexibility index (Phi) is 5.32. The average molecular weight is 485 g/mol. The molecule has 0 unspecified atom stereocenters. The molecule has 0 radical (unpaired) electrons. The first-order valence-electron chi connectivity index (χ1n) is 10.8. The van der Waals surface area contributed by atoms with Crippen molar-refractivity contribution < 1.29 is 26.3 Å². The molecule has 0 aromatic carbocycles. The molecule has 2 saturated heterocycles. The molecule has 1 spiro atoms. The number of alkyl halides is 6. The topological polar surface area (TPSA) is 63.0 Å². The van der Waals surface area contributed by atoms with E-state index in [1.54, 1.807) is 0 Å². The fourth-order valence-electron chi connectivity index (χ4n) is 4.79. The maximum absolute atomic E-state index is 13.1. The lowest BCUT2D eigenvalue weighted by Crippen LogP contribution is -2.42. The highest BCUT2D eigenvalue weighted by molar-refractivity contribution is 5.71. The molecule has 182 valence electrons. The lowest BCUT2D eigenvalue weighted by atomic mass is 9.78. The van der Waals surface area contributed by atoms with Gasteiger partial charge in [0.1, 0.15) is 23.7 Å². The largest absolute Gasteiger partial charge is 0.416 e. The number of aromatic nitrogens is 5. The summed E-state index contributed by atoms with van der Waals surface area (Å²) in [7, 11) is 0. The van der Waals surface area contributed by atoms with Crippen molar-refractivity contribution in [1.82, 2.24) is 24.7 Å².